The second kappa shape index (κ2) is 6.54. The van der Waals surface area contributed by atoms with E-state index in [-0.39, 0.29) is 12.5 Å². The molecule has 0 spiro atoms. The van der Waals surface area contributed by atoms with E-state index in [1.54, 1.807) is 0 Å². The number of amides is 1. The lowest BCUT2D eigenvalue weighted by Crippen LogP contribution is -2.58. The number of carboxylic acids is 1. The molecule has 0 aromatic carbocycles. The summed E-state index contributed by atoms with van der Waals surface area (Å²) in [7, 11) is -3.32. The first-order chi connectivity index (χ1) is 10.2. The Morgan fingerprint density at radius 2 is 1.82 bits per heavy atom. The lowest BCUT2D eigenvalue weighted by atomic mass is 9.81. The van der Waals surface area contributed by atoms with Crippen LogP contribution in [0.2, 0.25) is 0 Å². The monoisotopic (exact) mass is 332 g/mol. The quantitative estimate of drug-likeness (QED) is 0.783. The van der Waals surface area contributed by atoms with Crippen LogP contribution >= 0.6 is 0 Å². The van der Waals surface area contributed by atoms with Crippen LogP contribution in [0.5, 0.6) is 0 Å². The predicted molar refractivity (Wildman–Crippen MR) is 80.7 cm³/mol. The summed E-state index contributed by atoms with van der Waals surface area (Å²) in [6.45, 7) is 0.563. The number of carbonyl (C=O) groups excluding carboxylic acids is 1. The maximum atomic E-state index is 12.5. The van der Waals surface area contributed by atoms with Gasteiger partial charge in [-0.1, -0.05) is 19.3 Å². The molecule has 1 saturated heterocycles. The molecule has 126 valence electrons. The van der Waals surface area contributed by atoms with Crippen LogP contribution < -0.4 is 5.32 Å². The molecule has 22 heavy (non-hydrogen) atoms. The molecule has 1 aliphatic carbocycles. The number of hydrogen-bond donors (Lipinski definition) is 2. The minimum Gasteiger partial charge on any atom is -0.480 e. The molecule has 1 saturated carbocycles. The van der Waals surface area contributed by atoms with Crippen molar-refractivity contribution in [2.45, 2.75) is 50.5 Å². The van der Waals surface area contributed by atoms with Gasteiger partial charge in [0, 0.05) is 13.1 Å². The minimum absolute atomic E-state index is 0.139. The van der Waals surface area contributed by atoms with Crippen molar-refractivity contribution in [1.82, 2.24) is 9.62 Å². The molecule has 1 aliphatic heterocycles. The summed E-state index contributed by atoms with van der Waals surface area (Å²) in [4.78, 5) is 24.0. The van der Waals surface area contributed by atoms with Crippen LogP contribution in [0.4, 0.5) is 0 Å². The molecular formula is C14H24N2O5S. The summed E-state index contributed by atoms with van der Waals surface area (Å²) in [5.41, 5.74) is -1.18. The van der Waals surface area contributed by atoms with Crippen molar-refractivity contribution in [2.24, 2.45) is 5.92 Å². The van der Waals surface area contributed by atoms with Gasteiger partial charge in [0.25, 0.3) is 0 Å². The molecule has 2 N–H and O–H groups in total. The van der Waals surface area contributed by atoms with Gasteiger partial charge in [0.2, 0.25) is 15.9 Å². The van der Waals surface area contributed by atoms with Crippen molar-refractivity contribution < 1.29 is 23.1 Å². The number of sulfonamides is 1. The van der Waals surface area contributed by atoms with Gasteiger partial charge >= 0.3 is 5.97 Å². The highest BCUT2D eigenvalue weighted by Crippen LogP contribution is 2.29. The Balaban J connectivity index is 2.05. The molecular weight excluding hydrogens is 308 g/mol. The Morgan fingerprint density at radius 1 is 1.18 bits per heavy atom. The average Bonchev–Trinajstić information content (AvgIpc) is 2.47. The Bertz CT molecular complexity index is 539. The summed E-state index contributed by atoms with van der Waals surface area (Å²) in [5, 5.41) is 12.2. The van der Waals surface area contributed by atoms with Gasteiger partial charge in [0.1, 0.15) is 5.54 Å². The predicted octanol–water partition coefficient (Wildman–Crippen LogP) is 0.562. The van der Waals surface area contributed by atoms with Gasteiger partial charge in [-0.3, -0.25) is 4.79 Å². The third kappa shape index (κ3) is 3.78. The maximum absolute atomic E-state index is 12.5. The first-order valence-electron chi connectivity index (χ1n) is 7.75. The standard InChI is InChI=1S/C14H24N2O5S/c1-22(20,21)16-9-5-6-11(10-16)12(17)15-14(13(18)19)7-3-2-4-8-14/h11H,2-10H2,1H3,(H,15,17)(H,18,19). The van der Waals surface area contributed by atoms with E-state index in [2.05, 4.69) is 5.32 Å². The van der Waals surface area contributed by atoms with Crippen LogP contribution in [-0.2, 0) is 19.6 Å². The SMILES string of the molecule is CS(=O)(=O)N1CCCC(C(=O)NC2(C(=O)O)CCCCC2)C1. The third-order valence-corrected chi connectivity index (χ3v) is 5.97. The van der Waals surface area contributed by atoms with Gasteiger partial charge in [0.05, 0.1) is 12.2 Å². The lowest BCUT2D eigenvalue weighted by molar-refractivity contribution is -0.150. The zero-order valence-corrected chi connectivity index (χ0v) is 13.7. The highest BCUT2D eigenvalue weighted by molar-refractivity contribution is 7.88. The van der Waals surface area contributed by atoms with E-state index in [9.17, 15) is 23.1 Å². The molecule has 0 aromatic rings. The Morgan fingerprint density at radius 3 is 2.36 bits per heavy atom. The Hall–Kier alpha value is -1.15. The van der Waals surface area contributed by atoms with E-state index in [0.717, 1.165) is 25.5 Å². The van der Waals surface area contributed by atoms with Crippen molar-refractivity contribution in [1.29, 1.82) is 0 Å². The topological polar surface area (TPSA) is 104 Å². The molecule has 1 heterocycles. The van der Waals surface area contributed by atoms with Gasteiger partial charge in [0.15, 0.2) is 0 Å². The van der Waals surface area contributed by atoms with Crippen LogP contribution in [0.15, 0.2) is 0 Å². The van der Waals surface area contributed by atoms with Gasteiger partial charge in [-0.15, -0.1) is 0 Å². The summed E-state index contributed by atoms with van der Waals surface area (Å²) in [6, 6.07) is 0. The number of piperidine rings is 1. The second-order valence-electron chi connectivity index (χ2n) is 6.40. The Labute approximate surface area is 131 Å². The fourth-order valence-corrected chi connectivity index (χ4v) is 4.25. The normalized spacial score (nSPS) is 26.3. The Kier molecular flexibility index (Phi) is 5.11. The lowest BCUT2D eigenvalue weighted by Gasteiger charge is -2.37. The fraction of sp³-hybridized carbons (Fsp3) is 0.857. The van der Waals surface area contributed by atoms with Gasteiger partial charge in [-0.05, 0) is 25.7 Å². The van der Waals surface area contributed by atoms with E-state index < -0.39 is 27.4 Å². The molecule has 1 amide bonds. The molecule has 2 aliphatic rings. The first kappa shape index (κ1) is 17.2. The van der Waals surface area contributed by atoms with Crippen LogP contribution in [0, 0.1) is 5.92 Å². The minimum atomic E-state index is -3.32. The van der Waals surface area contributed by atoms with Gasteiger partial charge in [-0.2, -0.15) is 0 Å². The number of carboxylic acid groups (broad SMARTS) is 1. The average molecular weight is 332 g/mol. The molecule has 0 bridgehead atoms. The van der Waals surface area contributed by atoms with E-state index in [4.69, 9.17) is 0 Å². The molecule has 0 radical (unpaired) electrons. The first-order valence-corrected chi connectivity index (χ1v) is 9.60. The van der Waals surface area contributed by atoms with Gasteiger partial charge in [-0.25, -0.2) is 17.5 Å². The smallest absolute Gasteiger partial charge is 0.329 e. The zero-order valence-electron chi connectivity index (χ0n) is 12.9. The van der Waals surface area contributed by atoms with Crippen LogP contribution in [0.3, 0.4) is 0 Å². The number of nitrogens with one attached hydrogen (secondary N) is 1. The molecule has 0 aromatic heterocycles. The van der Waals surface area contributed by atoms with Crippen LogP contribution in [0.1, 0.15) is 44.9 Å². The van der Waals surface area contributed by atoms with Crippen molar-refractivity contribution >= 4 is 21.9 Å². The van der Waals surface area contributed by atoms with E-state index >= 15 is 0 Å². The van der Waals surface area contributed by atoms with E-state index in [1.165, 1.54) is 4.31 Å². The largest absolute Gasteiger partial charge is 0.480 e. The highest BCUT2D eigenvalue weighted by Gasteiger charge is 2.42. The van der Waals surface area contributed by atoms with Crippen molar-refractivity contribution in [2.75, 3.05) is 19.3 Å². The van der Waals surface area contributed by atoms with E-state index in [0.29, 0.717) is 32.2 Å². The number of aliphatic carboxylic acids is 1. The fourth-order valence-electron chi connectivity index (χ4n) is 3.34. The summed E-state index contributed by atoms with van der Waals surface area (Å²) in [6.07, 6.45) is 5.77. The number of carbonyl (C=O) groups is 2. The molecule has 2 fully saturated rings. The number of hydrogen-bond acceptors (Lipinski definition) is 4. The molecule has 8 heteroatoms. The summed E-state index contributed by atoms with van der Waals surface area (Å²) in [5.74, 6) is -1.80. The summed E-state index contributed by atoms with van der Waals surface area (Å²) >= 11 is 0. The van der Waals surface area contributed by atoms with Crippen molar-refractivity contribution in [3.05, 3.63) is 0 Å². The van der Waals surface area contributed by atoms with Crippen molar-refractivity contribution in [3.63, 3.8) is 0 Å². The van der Waals surface area contributed by atoms with Crippen LogP contribution in [-0.4, -0.2) is 54.6 Å². The second-order valence-corrected chi connectivity index (χ2v) is 8.38. The number of rotatable bonds is 4. The molecule has 2 rings (SSSR count). The molecule has 1 unspecified atom stereocenters. The van der Waals surface area contributed by atoms with Crippen molar-refractivity contribution in [3.8, 4) is 0 Å². The highest BCUT2D eigenvalue weighted by atomic mass is 32.2. The maximum Gasteiger partial charge on any atom is 0.329 e. The molecule has 1 atom stereocenters. The number of nitrogens with zero attached hydrogens (tertiary/aromatic N) is 1. The van der Waals surface area contributed by atoms with Crippen LogP contribution in [0.25, 0.3) is 0 Å². The zero-order chi connectivity index (χ0) is 16.4. The van der Waals surface area contributed by atoms with Gasteiger partial charge < -0.3 is 10.4 Å². The third-order valence-electron chi connectivity index (χ3n) is 4.70. The van der Waals surface area contributed by atoms with E-state index in [1.807, 2.05) is 0 Å². The summed E-state index contributed by atoms with van der Waals surface area (Å²) < 4.78 is 24.5. The molecule has 7 nitrogen and oxygen atoms in total.